The smallest absolute Gasteiger partial charge is 0.320 e. The summed E-state index contributed by atoms with van der Waals surface area (Å²) >= 11 is 1.25. The number of hydrogen-bond acceptors (Lipinski definition) is 6. The summed E-state index contributed by atoms with van der Waals surface area (Å²) < 4.78 is 1.69. The average Bonchev–Trinajstić information content (AvgIpc) is 3.41. The second kappa shape index (κ2) is 8.90. The number of terminal acetylenes is 1. The molecule has 0 aliphatic heterocycles. The van der Waals surface area contributed by atoms with E-state index < -0.39 is 12.1 Å². The fourth-order valence-corrected chi connectivity index (χ4v) is 4.02. The van der Waals surface area contributed by atoms with Crippen LogP contribution < -0.4 is 10.6 Å². The second-order valence-corrected chi connectivity index (χ2v) is 7.78. The van der Waals surface area contributed by atoms with Gasteiger partial charge in [0.15, 0.2) is 10.7 Å². The highest BCUT2D eigenvalue weighted by atomic mass is 32.1. The predicted molar refractivity (Wildman–Crippen MR) is 123 cm³/mol. The summed E-state index contributed by atoms with van der Waals surface area (Å²) in [5.41, 5.74) is 3.74. The molecule has 8 nitrogen and oxygen atoms in total. The number of nitrogens with one attached hydrogen (secondary N) is 2. The van der Waals surface area contributed by atoms with Gasteiger partial charge in [-0.25, -0.2) is 9.78 Å². The van der Waals surface area contributed by atoms with E-state index >= 15 is 0 Å². The fraction of sp³-hybridized carbons (Fsp3) is 0.130. The highest BCUT2D eigenvalue weighted by Gasteiger charge is 2.17. The number of hydrogen-bond donors (Lipinski definition) is 3. The van der Waals surface area contributed by atoms with Crippen LogP contribution in [0.1, 0.15) is 22.3 Å². The molecular formula is C23H18N6O2S. The minimum absolute atomic E-state index is 0.282. The van der Waals surface area contributed by atoms with E-state index in [-0.39, 0.29) is 6.61 Å². The number of aliphatic hydroxyl groups is 1. The van der Waals surface area contributed by atoms with Gasteiger partial charge in [0.2, 0.25) is 0 Å². The number of nitriles is 1. The molecule has 158 valence electrons. The van der Waals surface area contributed by atoms with Crippen molar-refractivity contribution >= 4 is 34.1 Å². The van der Waals surface area contributed by atoms with E-state index in [4.69, 9.17) is 6.42 Å². The molecule has 0 aliphatic carbocycles. The molecule has 2 aromatic carbocycles. The van der Waals surface area contributed by atoms with Crippen molar-refractivity contribution in [2.75, 3.05) is 11.9 Å². The Morgan fingerprint density at radius 3 is 2.75 bits per heavy atom. The zero-order chi connectivity index (χ0) is 22.7. The first-order valence-corrected chi connectivity index (χ1v) is 10.5. The lowest BCUT2D eigenvalue weighted by atomic mass is 9.97. The van der Waals surface area contributed by atoms with Crippen LogP contribution in [0.3, 0.4) is 0 Å². The molecule has 0 saturated carbocycles. The number of rotatable bonds is 5. The molecule has 1 unspecified atom stereocenters. The van der Waals surface area contributed by atoms with Gasteiger partial charge in [-0.05, 0) is 28.7 Å². The minimum atomic E-state index is -0.612. The van der Waals surface area contributed by atoms with Crippen LogP contribution in [0.25, 0.3) is 22.0 Å². The topological polar surface area (TPSA) is 116 Å². The van der Waals surface area contributed by atoms with Gasteiger partial charge < -0.3 is 10.4 Å². The van der Waals surface area contributed by atoms with Crippen LogP contribution in [0.5, 0.6) is 0 Å². The Labute approximate surface area is 188 Å². The zero-order valence-electron chi connectivity index (χ0n) is 17.0. The lowest BCUT2D eigenvalue weighted by Gasteiger charge is -2.17. The summed E-state index contributed by atoms with van der Waals surface area (Å²) in [5.74, 6) is 2.76. The van der Waals surface area contributed by atoms with E-state index in [2.05, 4.69) is 32.7 Å². The van der Waals surface area contributed by atoms with Crippen LogP contribution in [0.15, 0.2) is 47.8 Å². The van der Waals surface area contributed by atoms with Gasteiger partial charge in [-0.2, -0.15) is 10.4 Å². The highest BCUT2D eigenvalue weighted by Crippen LogP contribution is 2.31. The van der Waals surface area contributed by atoms with E-state index in [0.717, 1.165) is 27.6 Å². The Morgan fingerprint density at radius 2 is 2.09 bits per heavy atom. The first-order chi connectivity index (χ1) is 15.5. The third-order valence-electron chi connectivity index (χ3n) is 4.97. The van der Waals surface area contributed by atoms with Gasteiger partial charge in [-0.3, -0.25) is 10.00 Å². The lowest BCUT2D eigenvalue weighted by Crippen LogP contribution is -2.34. The van der Waals surface area contributed by atoms with E-state index in [1.165, 1.54) is 11.3 Å². The van der Waals surface area contributed by atoms with Crippen molar-refractivity contribution in [3.8, 4) is 29.5 Å². The van der Waals surface area contributed by atoms with Crippen LogP contribution in [-0.4, -0.2) is 32.5 Å². The van der Waals surface area contributed by atoms with Gasteiger partial charge in [-0.1, -0.05) is 36.4 Å². The van der Waals surface area contributed by atoms with Crippen molar-refractivity contribution in [2.24, 2.45) is 7.05 Å². The van der Waals surface area contributed by atoms with Crippen LogP contribution in [0.4, 0.5) is 10.6 Å². The summed E-state index contributed by atoms with van der Waals surface area (Å²) in [4.78, 5) is 16.4. The maximum Gasteiger partial charge on any atom is 0.320 e. The van der Waals surface area contributed by atoms with Crippen LogP contribution in [-0.2, 0) is 7.05 Å². The molecule has 2 aromatic heterocycles. The molecular weight excluding hydrogens is 424 g/mol. The number of anilines is 1. The average molecular weight is 443 g/mol. The summed E-state index contributed by atoms with van der Waals surface area (Å²) in [6.45, 7) is -0.282. The molecule has 1 atom stereocenters. The Kier molecular flexibility index (Phi) is 5.86. The van der Waals surface area contributed by atoms with Crippen LogP contribution in [0, 0.1) is 23.7 Å². The summed E-state index contributed by atoms with van der Waals surface area (Å²) in [6, 6.07) is 14.3. The summed E-state index contributed by atoms with van der Waals surface area (Å²) in [5, 5.41) is 31.8. The molecule has 4 rings (SSSR count). The number of aliphatic hydroxyl groups excluding tert-OH is 1. The fourth-order valence-electron chi connectivity index (χ4n) is 3.47. The van der Waals surface area contributed by atoms with Crippen molar-refractivity contribution < 1.29 is 9.90 Å². The number of urea groups is 1. The molecule has 3 N–H and O–H groups in total. The molecule has 2 heterocycles. The third kappa shape index (κ3) is 4.03. The van der Waals surface area contributed by atoms with E-state index in [1.807, 2.05) is 42.5 Å². The Morgan fingerprint density at radius 1 is 1.31 bits per heavy atom. The molecule has 0 bridgehead atoms. The molecule has 0 aliphatic rings. The molecule has 0 radical (unpaired) electrons. The zero-order valence-corrected chi connectivity index (χ0v) is 17.8. The number of benzene rings is 2. The standard InChI is InChI=1S/C23H18N6O2S/c1-3-21-26-20(13-32-21)27-23(31)25-18(12-30)15-9-7-14(8-10-15)16-5-4-6-19-22(16)17(11-24)28-29(19)2/h1,4-10,13,18,30H,12H2,2H3,(H2,25,27,31). The highest BCUT2D eigenvalue weighted by molar-refractivity contribution is 7.10. The normalized spacial score (nSPS) is 11.5. The first-order valence-electron chi connectivity index (χ1n) is 9.60. The van der Waals surface area contributed by atoms with Crippen molar-refractivity contribution in [1.82, 2.24) is 20.1 Å². The Bertz CT molecular complexity index is 1370. The molecule has 4 aromatic rings. The van der Waals surface area contributed by atoms with Crippen molar-refractivity contribution in [3.05, 3.63) is 64.1 Å². The number of aromatic nitrogens is 3. The van der Waals surface area contributed by atoms with Gasteiger partial charge in [0.25, 0.3) is 0 Å². The predicted octanol–water partition coefficient (Wildman–Crippen LogP) is 3.40. The Balaban J connectivity index is 1.55. The maximum atomic E-state index is 12.3. The van der Waals surface area contributed by atoms with Gasteiger partial charge in [-0.15, -0.1) is 17.8 Å². The van der Waals surface area contributed by atoms with Gasteiger partial charge in [0, 0.05) is 17.8 Å². The number of amides is 2. The van der Waals surface area contributed by atoms with Crippen LogP contribution in [0.2, 0.25) is 0 Å². The van der Waals surface area contributed by atoms with Crippen molar-refractivity contribution in [1.29, 1.82) is 5.26 Å². The number of nitrogens with zero attached hydrogens (tertiary/aromatic N) is 4. The lowest BCUT2D eigenvalue weighted by molar-refractivity contribution is 0.225. The number of aryl methyl sites for hydroxylation is 1. The number of carbonyl (C=O) groups excluding carboxylic acids is 1. The minimum Gasteiger partial charge on any atom is -0.394 e. The van der Waals surface area contributed by atoms with Crippen LogP contribution >= 0.6 is 11.3 Å². The maximum absolute atomic E-state index is 12.3. The van der Waals surface area contributed by atoms with E-state index in [0.29, 0.717) is 16.5 Å². The van der Waals surface area contributed by atoms with Gasteiger partial charge in [0.05, 0.1) is 18.2 Å². The number of carbonyl (C=O) groups is 1. The van der Waals surface area contributed by atoms with Crippen molar-refractivity contribution in [2.45, 2.75) is 6.04 Å². The largest absolute Gasteiger partial charge is 0.394 e. The van der Waals surface area contributed by atoms with Gasteiger partial charge in [0.1, 0.15) is 11.9 Å². The summed E-state index contributed by atoms with van der Waals surface area (Å²) in [6.07, 6.45) is 5.29. The quantitative estimate of drug-likeness (QED) is 0.410. The number of fused-ring (bicyclic) bond motifs is 1. The summed E-state index contributed by atoms with van der Waals surface area (Å²) in [7, 11) is 1.80. The van der Waals surface area contributed by atoms with Gasteiger partial charge >= 0.3 is 6.03 Å². The third-order valence-corrected chi connectivity index (χ3v) is 5.74. The molecule has 2 amide bonds. The molecule has 9 heteroatoms. The number of thiazole rings is 1. The molecule has 0 saturated heterocycles. The SMILES string of the molecule is C#Cc1nc(NC(=O)NC(CO)c2ccc(-c3cccc4c3c(C#N)nn4C)cc2)cs1. The first kappa shape index (κ1) is 21.1. The Hall–Kier alpha value is -4.18. The van der Waals surface area contributed by atoms with E-state index in [1.54, 1.807) is 17.1 Å². The molecule has 0 spiro atoms. The van der Waals surface area contributed by atoms with Crippen molar-refractivity contribution in [3.63, 3.8) is 0 Å². The second-order valence-electron chi connectivity index (χ2n) is 6.92. The van der Waals surface area contributed by atoms with E-state index in [9.17, 15) is 15.2 Å². The molecule has 32 heavy (non-hydrogen) atoms. The monoisotopic (exact) mass is 442 g/mol. The molecule has 0 fully saturated rings.